The van der Waals surface area contributed by atoms with Crippen molar-refractivity contribution in [1.82, 2.24) is 9.88 Å². The predicted molar refractivity (Wildman–Crippen MR) is 81.3 cm³/mol. The number of pyridine rings is 1. The minimum Gasteiger partial charge on any atom is -0.444 e. The van der Waals surface area contributed by atoms with Gasteiger partial charge < -0.3 is 14.6 Å². The molecule has 1 atom stereocenters. The van der Waals surface area contributed by atoms with E-state index in [1.807, 2.05) is 38.8 Å². The zero-order valence-corrected chi connectivity index (χ0v) is 13.3. The van der Waals surface area contributed by atoms with E-state index in [0.717, 1.165) is 35.2 Å². The Hall–Kier alpha value is -1.36. The van der Waals surface area contributed by atoms with Gasteiger partial charge in [0.1, 0.15) is 10.2 Å². The third-order valence-corrected chi connectivity index (χ3v) is 3.82. The van der Waals surface area contributed by atoms with Crippen molar-refractivity contribution in [1.29, 1.82) is 0 Å². The molecule has 1 aromatic rings. The molecular formula is C15H22N2O2S. The van der Waals surface area contributed by atoms with Gasteiger partial charge in [-0.1, -0.05) is 12.2 Å². The van der Waals surface area contributed by atoms with Crippen LogP contribution in [-0.2, 0) is 4.74 Å². The van der Waals surface area contributed by atoms with E-state index in [-0.39, 0.29) is 12.1 Å². The Morgan fingerprint density at radius 1 is 1.50 bits per heavy atom. The Kier molecular flexibility index (Phi) is 4.18. The quantitative estimate of drug-likeness (QED) is 0.792. The Morgan fingerprint density at radius 3 is 2.80 bits per heavy atom. The van der Waals surface area contributed by atoms with Gasteiger partial charge in [-0.05, 0) is 57.7 Å². The van der Waals surface area contributed by atoms with Crippen molar-refractivity contribution >= 4 is 18.3 Å². The zero-order chi connectivity index (χ0) is 14.9. The summed E-state index contributed by atoms with van der Waals surface area (Å²) in [5.41, 5.74) is 1.67. The fourth-order valence-corrected chi connectivity index (χ4v) is 2.58. The monoisotopic (exact) mass is 294 g/mol. The molecule has 1 N–H and O–H groups in total. The largest absolute Gasteiger partial charge is 0.444 e. The SMILES string of the molecule is Cc1cc(C2CCCN2C(=O)OC(C)(C)C)c[nH]c1=S. The smallest absolute Gasteiger partial charge is 0.410 e. The second kappa shape index (κ2) is 5.56. The number of rotatable bonds is 1. The lowest BCUT2D eigenvalue weighted by Gasteiger charge is -2.28. The first-order valence-electron chi connectivity index (χ1n) is 6.97. The van der Waals surface area contributed by atoms with Gasteiger partial charge >= 0.3 is 6.09 Å². The molecule has 0 saturated carbocycles. The zero-order valence-electron chi connectivity index (χ0n) is 12.5. The number of hydrogen-bond acceptors (Lipinski definition) is 3. The minimum atomic E-state index is -0.462. The van der Waals surface area contributed by atoms with Crippen LogP contribution >= 0.6 is 12.2 Å². The molecule has 1 unspecified atom stereocenters. The molecule has 1 aromatic heterocycles. The summed E-state index contributed by atoms with van der Waals surface area (Å²) < 4.78 is 6.23. The highest BCUT2D eigenvalue weighted by Gasteiger charge is 2.33. The number of H-pyrrole nitrogens is 1. The maximum absolute atomic E-state index is 12.3. The number of ether oxygens (including phenoxy) is 1. The summed E-state index contributed by atoms with van der Waals surface area (Å²) in [5, 5.41) is 0. The van der Waals surface area contributed by atoms with Crippen molar-refractivity contribution in [2.45, 2.75) is 52.2 Å². The highest BCUT2D eigenvalue weighted by Crippen LogP contribution is 2.33. The Bertz CT molecular complexity index is 560. The molecule has 0 radical (unpaired) electrons. The summed E-state index contributed by atoms with van der Waals surface area (Å²) in [6, 6.07) is 2.14. The van der Waals surface area contributed by atoms with Crippen LogP contribution in [0.4, 0.5) is 4.79 Å². The van der Waals surface area contributed by atoms with Crippen LogP contribution < -0.4 is 0 Å². The molecule has 1 amide bonds. The number of hydrogen-bond donors (Lipinski definition) is 1. The summed E-state index contributed by atoms with van der Waals surface area (Å²) in [6.07, 6.45) is 3.63. The number of amides is 1. The van der Waals surface area contributed by atoms with Crippen LogP contribution in [0.2, 0.25) is 0 Å². The molecule has 1 aliphatic heterocycles. The van der Waals surface area contributed by atoms with E-state index < -0.39 is 5.60 Å². The Labute approximate surface area is 125 Å². The van der Waals surface area contributed by atoms with E-state index in [4.69, 9.17) is 17.0 Å². The van der Waals surface area contributed by atoms with E-state index in [1.165, 1.54) is 0 Å². The maximum Gasteiger partial charge on any atom is 0.410 e. The molecule has 4 nitrogen and oxygen atoms in total. The first-order valence-corrected chi connectivity index (χ1v) is 7.37. The van der Waals surface area contributed by atoms with Crippen LogP contribution in [0.3, 0.4) is 0 Å². The molecule has 0 bridgehead atoms. The second-order valence-electron chi connectivity index (χ2n) is 6.28. The number of nitrogens with one attached hydrogen (secondary N) is 1. The van der Waals surface area contributed by atoms with Gasteiger partial charge in [-0.3, -0.25) is 0 Å². The number of carbonyl (C=O) groups excluding carboxylic acids is 1. The highest BCUT2D eigenvalue weighted by atomic mass is 32.1. The van der Waals surface area contributed by atoms with Crippen LogP contribution in [0.1, 0.15) is 50.8 Å². The summed E-state index contributed by atoms with van der Waals surface area (Å²) >= 11 is 5.18. The minimum absolute atomic E-state index is 0.0791. The summed E-state index contributed by atoms with van der Waals surface area (Å²) in [5.74, 6) is 0. The molecule has 1 saturated heterocycles. The second-order valence-corrected chi connectivity index (χ2v) is 6.69. The lowest BCUT2D eigenvalue weighted by molar-refractivity contribution is 0.0224. The van der Waals surface area contributed by atoms with E-state index in [9.17, 15) is 4.79 Å². The van der Waals surface area contributed by atoms with Gasteiger partial charge in [-0.2, -0.15) is 0 Å². The first-order chi connectivity index (χ1) is 9.28. The average Bonchev–Trinajstić information content (AvgIpc) is 2.79. The van der Waals surface area contributed by atoms with E-state index in [1.54, 1.807) is 0 Å². The van der Waals surface area contributed by atoms with Crippen LogP contribution in [0.5, 0.6) is 0 Å². The summed E-state index contributed by atoms with van der Waals surface area (Å²) in [6.45, 7) is 8.39. The highest BCUT2D eigenvalue weighted by molar-refractivity contribution is 7.71. The van der Waals surface area contributed by atoms with Gasteiger partial charge in [0.25, 0.3) is 0 Å². The van der Waals surface area contributed by atoms with Crippen LogP contribution in [-0.4, -0.2) is 28.1 Å². The Balaban J connectivity index is 2.20. The number of nitrogens with zero attached hydrogens (tertiary/aromatic N) is 1. The van der Waals surface area contributed by atoms with Crippen molar-refractivity contribution < 1.29 is 9.53 Å². The van der Waals surface area contributed by atoms with E-state index >= 15 is 0 Å². The average molecular weight is 294 g/mol. The fourth-order valence-electron chi connectivity index (χ4n) is 2.46. The fraction of sp³-hybridized carbons (Fsp3) is 0.600. The molecule has 0 spiro atoms. The number of aromatic nitrogens is 1. The third-order valence-electron chi connectivity index (χ3n) is 3.38. The van der Waals surface area contributed by atoms with Crippen molar-refractivity contribution in [3.05, 3.63) is 28.0 Å². The standard InChI is InChI=1S/C15H22N2O2S/c1-10-8-11(9-16-13(10)20)12-6-5-7-17(12)14(18)19-15(2,3)4/h8-9,12H,5-7H2,1-4H3,(H,16,20). The molecule has 1 aliphatic rings. The molecule has 5 heteroatoms. The van der Waals surface area contributed by atoms with Gasteiger partial charge in [-0.15, -0.1) is 0 Å². The topological polar surface area (TPSA) is 45.3 Å². The molecule has 2 heterocycles. The normalized spacial score (nSPS) is 19.2. The predicted octanol–water partition coefficient (Wildman–Crippen LogP) is 4.12. The van der Waals surface area contributed by atoms with Gasteiger partial charge in [-0.25, -0.2) is 4.79 Å². The molecule has 2 rings (SSSR count). The number of carbonyl (C=O) groups is 1. The van der Waals surface area contributed by atoms with Crippen molar-refractivity contribution in [2.24, 2.45) is 0 Å². The molecule has 0 aromatic carbocycles. The summed E-state index contributed by atoms with van der Waals surface area (Å²) in [7, 11) is 0. The van der Waals surface area contributed by atoms with Crippen molar-refractivity contribution in [2.75, 3.05) is 6.54 Å². The molecule has 0 aliphatic carbocycles. The molecule has 1 fully saturated rings. The molecule has 20 heavy (non-hydrogen) atoms. The first kappa shape index (κ1) is 15.0. The third kappa shape index (κ3) is 3.39. The van der Waals surface area contributed by atoms with Gasteiger partial charge in [0.05, 0.1) is 6.04 Å². The van der Waals surface area contributed by atoms with Gasteiger partial charge in [0, 0.05) is 12.7 Å². The number of likely N-dealkylation sites (tertiary alicyclic amines) is 1. The van der Waals surface area contributed by atoms with E-state index in [0.29, 0.717) is 0 Å². The van der Waals surface area contributed by atoms with Crippen LogP contribution in [0.15, 0.2) is 12.3 Å². The molecular weight excluding hydrogens is 272 g/mol. The summed E-state index contributed by atoms with van der Waals surface area (Å²) in [4.78, 5) is 17.2. The van der Waals surface area contributed by atoms with Crippen molar-refractivity contribution in [3.8, 4) is 0 Å². The molecule has 110 valence electrons. The lowest BCUT2D eigenvalue weighted by Crippen LogP contribution is -2.36. The van der Waals surface area contributed by atoms with Gasteiger partial charge in [0.2, 0.25) is 0 Å². The van der Waals surface area contributed by atoms with Crippen molar-refractivity contribution in [3.63, 3.8) is 0 Å². The van der Waals surface area contributed by atoms with E-state index in [2.05, 4.69) is 11.1 Å². The van der Waals surface area contributed by atoms with Gasteiger partial charge in [0.15, 0.2) is 0 Å². The lowest BCUT2D eigenvalue weighted by atomic mass is 10.1. The van der Waals surface area contributed by atoms with Crippen LogP contribution in [0, 0.1) is 11.6 Å². The van der Waals surface area contributed by atoms with Crippen LogP contribution in [0.25, 0.3) is 0 Å². The Morgan fingerprint density at radius 2 is 2.20 bits per heavy atom. The maximum atomic E-state index is 12.3. The number of aryl methyl sites for hydroxylation is 1. The number of aromatic amines is 1.